The van der Waals surface area contributed by atoms with E-state index >= 15 is 0 Å². The Bertz CT molecular complexity index is 407. The zero-order chi connectivity index (χ0) is 10.9. The zero-order valence-corrected chi connectivity index (χ0v) is 9.05. The highest BCUT2D eigenvalue weighted by Crippen LogP contribution is 2.36. The van der Waals surface area contributed by atoms with Gasteiger partial charge in [0.05, 0.1) is 12.0 Å². The number of rotatable bonds is 4. The number of nitrogens with zero attached hydrogens (tertiary/aromatic N) is 1. The van der Waals surface area contributed by atoms with Crippen LogP contribution >= 0.6 is 0 Å². The second kappa shape index (κ2) is 3.77. The van der Waals surface area contributed by atoms with Crippen molar-refractivity contribution in [3.63, 3.8) is 0 Å². The maximum Gasteiger partial charge on any atom is 0.254 e. The van der Waals surface area contributed by atoms with Gasteiger partial charge in [0.15, 0.2) is 0 Å². The van der Waals surface area contributed by atoms with E-state index < -0.39 is 0 Å². The van der Waals surface area contributed by atoms with Crippen LogP contribution in [0.3, 0.4) is 0 Å². The summed E-state index contributed by atoms with van der Waals surface area (Å²) in [6.07, 6.45) is 6.10. The molecule has 0 unspecified atom stereocenters. The first-order valence-electron chi connectivity index (χ1n) is 5.49. The molecule has 1 aliphatic rings. The van der Waals surface area contributed by atoms with Crippen molar-refractivity contribution < 1.29 is 0 Å². The van der Waals surface area contributed by atoms with E-state index in [0.29, 0.717) is 0 Å². The minimum Gasteiger partial charge on any atom is -0.325 e. The third-order valence-electron chi connectivity index (χ3n) is 3.14. The van der Waals surface area contributed by atoms with Crippen molar-refractivity contribution in [2.24, 2.45) is 5.73 Å². The fourth-order valence-corrected chi connectivity index (χ4v) is 1.81. The molecule has 0 saturated heterocycles. The summed E-state index contributed by atoms with van der Waals surface area (Å²) in [5.41, 5.74) is 7.72. The van der Waals surface area contributed by atoms with Crippen LogP contribution in [0, 0.1) is 0 Å². The maximum absolute atomic E-state index is 11.6. The molecule has 4 nitrogen and oxygen atoms in total. The lowest BCUT2D eigenvalue weighted by Crippen LogP contribution is -2.25. The molecule has 82 valence electrons. The molecule has 0 aromatic carbocycles. The second-order valence-corrected chi connectivity index (χ2v) is 4.37. The Labute approximate surface area is 88.9 Å². The largest absolute Gasteiger partial charge is 0.325 e. The fraction of sp³-hybridized carbons (Fsp3) is 0.636. The molecule has 1 aromatic rings. The van der Waals surface area contributed by atoms with Crippen molar-refractivity contribution in [3.05, 3.63) is 27.9 Å². The number of nitrogens with one attached hydrogen (secondary N) is 1. The van der Waals surface area contributed by atoms with Crippen LogP contribution in [-0.4, -0.2) is 15.5 Å². The van der Waals surface area contributed by atoms with Crippen LogP contribution < -0.4 is 11.3 Å². The molecule has 3 N–H and O–H groups in total. The molecule has 0 spiro atoms. The van der Waals surface area contributed by atoms with E-state index in [0.717, 1.165) is 43.4 Å². The van der Waals surface area contributed by atoms with Crippen LogP contribution in [0.4, 0.5) is 0 Å². The topological polar surface area (TPSA) is 71.8 Å². The SMILES string of the molecule is CCc1nc[nH]c(=O)c1CCC1(N)CC1. The Morgan fingerprint density at radius 1 is 1.60 bits per heavy atom. The van der Waals surface area contributed by atoms with E-state index in [9.17, 15) is 4.79 Å². The molecule has 1 fully saturated rings. The minimum atomic E-state index is -0.00824. The molecule has 0 aliphatic heterocycles. The number of hydrogen-bond acceptors (Lipinski definition) is 3. The van der Waals surface area contributed by atoms with Gasteiger partial charge in [0.2, 0.25) is 0 Å². The highest BCUT2D eigenvalue weighted by Gasteiger charge is 2.37. The number of hydrogen-bond donors (Lipinski definition) is 2. The predicted molar refractivity (Wildman–Crippen MR) is 58.7 cm³/mol. The van der Waals surface area contributed by atoms with Crippen LogP contribution in [-0.2, 0) is 12.8 Å². The van der Waals surface area contributed by atoms with Crippen molar-refractivity contribution in [3.8, 4) is 0 Å². The Hall–Kier alpha value is -1.16. The lowest BCUT2D eigenvalue weighted by molar-refractivity contribution is 0.603. The van der Waals surface area contributed by atoms with Gasteiger partial charge < -0.3 is 10.7 Å². The molecule has 1 aromatic heterocycles. The summed E-state index contributed by atoms with van der Waals surface area (Å²) in [6, 6.07) is 0. The van der Waals surface area contributed by atoms with Gasteiger partial charge in [-0.2, -0.15) is 0 Å². The van der Waals surface area contributed by atoms with Gasteiger partial charge in [0.25, 0.3) is 5.56 Å². The Balaban J connectivity index is 2.15. The number of aromatic nitrogens is 2. The van der Waals surface area contributed by atoms with Crippen LogP contribution in [0.15, 0.2) is 11.1 Å². The molecule has 1 saturated carbocycles. The molecule has 1 aliphatic carbocycles. The molecule has 0 atom stereocenters. The first kappa shape index (κ1) is 10.4. The number of nitrogens with two attached hydrogens (primary N) is 1. The van der Waals surface area contributed by atoms with Gasteiger partial charge in [0, 0.05) is 11.1 Å². The number of aryl methyl sites for hydroxylation is 1. The summed E-state index contributed by atoms with van der Waals surface area (Å²) in [5, 5.41) is 0. The molecular weight excluding hydrogens is 190 g/mol. The van der Waals surface area contributed by atoms with Gasteiger partial charge in [-0.15, -0.1) is 0 Å². The smallest absolute Gasteiger partial charge is 0.254 e. The first-order chi connectivity index (χ1) is 7.14. The quantitative estimate of drug-likeness (QED) is 0.765. The molecular formula is C11H17N3O. The van der Waals surface area contributed by atoms with Gasteiger partial charge >= 0.3 is 0 Å². The van der Waals surface area contributed by atoms with Crippen LogP contribution in [0.5, 0.6) is 0 Å². The van der Waals surface area contributed by atoms with E-state index in [-0.39, 0.29) is 11.1 Å². The predicted octanol–water partition coefficient (Wildman–Crippen LogP) is 0.756. The van der Waals surface area contributed by atoms with Crippen molar-refractivity contribution in [1.82, 2.24) is 9.97 Å². The third-order valence-corrected chi connectivity index (χ3v) is 3.14. The van der Waals surface area contributed by atoms with E-state index in [4.69, 9.17) is 5.73 Å². The molecule has 2 rings (SSSR count). The monoisotopic (exact) mass is 207 g/mol. The van der Waals surface area contributed by atoms with Gasteiger partial charge in [-0.1, -0.05) is 6.92 Å². The number of H-pyrrole nitrogens is 1. The molecule has 0 amide bonds. The Kier molecular flexibility index (Phi) is 2.61. The molecule has 15 heavy (non-hydrogen) atoms. The zero-order valence-electron chi connectivity index (χ0n) is 9.05. The highest BCUT2D eigenvalue weighted by molar-refractivity contribution is 5.17. The van der Waals surface area contributed by atoms with Crippen molar-refractivity contribution in [1.29, 1.82) is 0 Å². The maximum atomic E-state index is 11.6. The Morgan fingerprint density at radius 2 is 2.33 bits per heavy atom. The Morgan fingerprint density at radius 3 is 2.93 bits per heavy atom. The van der Waals surface area contributed by atoms with Crippen LogP contribution in [0.1, 0.15) is 37.4 Å². The fourth-order valence-electron chi connectivity index (χ4n) is 1.81. The number of aromatic amines is 1. The molecule has 0 radical (unpaired) electrons. The summed E-state index contributed by atoms with van der Waals surface area (Å²) in [4.78, 5) is 18.4. The van der Waals surface area contributed by atoms with E-state index in [1.54, 1.807) is 0 Å². The third kappa shape index (κ3) is 2.26. The van der Waals surface area contributed by atoms with Crippen molar-refractivity contribution in [2.45, 2.75) is 44.6 Å². The van der Waals surface area contributed by atoms with E-state index in [1.165, 1.54) is 6.33 Å². The average Bonchev–Trinajstić information content (AvgIpc) is 2.95. The lowest BCUT2D eigenvalue weighted by atomic mass is 10.0. The van der Waals surface area contributed by atoms with Gasteiger partial charge in [-0.25, -0.2) is 4.98 Å². The molecule has 4 heteroatoms. The lowest BCUT2D eigenvalue weighted by Gasteiger charge is -2.09. The van der Waals surface area contributed by atoms with Crippen LogP contribution in [0.25, 0.3) is 0 Å². The van der Waals surface area contributed by atoms with Crippen molar-refractivity contribution >= 4 is 0 Å². The van der Waals surface area contributed by atoms with Crippen molar-refractivity contribution in [2.75, 3.05) is 0 Å². The van der Waals surface area contributed by atoms with Gasteiger partial charge in [-0.3, -0.25) is 4.79 Å². The summed E-state index contributed by atoms with van der Waals surface area (Å²) >= 11 is 0. The standard InChI is InChI=1S/C11H17N3O/c1-2-9-8(10(15)14-7-13-9)3-4-11(12)5-6-11/h7H,2-6,12H2,1H3,(H,13,14,15). The summed E-state index contributed by atoms with van der Waals surface area (Å²) < 4.78 is 0. The molecule has 0 bridgehead atoms. The molecule has 1 heterocycles. The minimum absolute atomic E-state index is 0.00723. The normalized spacial score (nSPS) is 17.7. The van der Waals surface area contributed by atoms with Gasteiger partial charge in [0.1, 0.15) is 0 Å². The summed E-state index contributed by atoms with van der Waals surface area (Å²) in [6.45, 7) is 2.01. The van der Waals surface area contributed by atoms with Crippen LogP contribution in [0.2, 0.25) is 0 Å². The summed E-state index contributed by atoms with van der Waals surface area (Å²) in [7, 11) is 0. The average molecular weight is 207 g/mol. The van der Waals surface area contributed by atoms with E-state index in [2.05, 4.69) is 9.97 Å². The highest BCUT2D eigenvalue weighted by atomic mass is 16.1. The van der Waals surface area contributed by atoms with Gasteiger partial charge in [-0.05, 0) is 32.1 Å². The summed E-state index contributed by atoms with van der Waals surface area (Å²) in [5.74, 6) is 0. The second-order valence-electron chi connectivity index (χ2n) is 4.37. The first-order valence-corrected chi connectivity index (χ1v) is 5.49. The van der Waals surface area contributed by atoms with E-state index in [1.807, 2.05) is 6.92 Å².